The van der Waals surface area contributed by atoms with Gasteiger partial charge in [0.15, 0.2) is 0 Å². The molecule has 1 N–H and O–H groups in total. The third-order valence-electron chi connectivity index (χ3n) is 2.86. The lowest BCUT2D eigenvalue weighted by molar-refractivity contribution is -0.143. The van der Waals surface area contributed by atoms with Crippen LogP contribution in [0.4, 0.5) is 0 Å². The van der Waals surface area contributed by atoms with Gasteiger partial charge < -0.3 is 14.5 Å². The fourth-order valence-corrected chi connectivity index (χ4v) is 1.80. The van der Waals surface area contributed by atoms with Gasteiger partial charge in [-0.05, 0) is 30.9 Å². The number of ether oxygens (including phenoxy) is 1. The Labute approximate surface area is 95.0 Å². The van der Waals surface area contributed by atoms with Crippen LogP contribution in [0.5, 0.6) is 0 Å². The van der Waals surface area contributed by atoms with E-state index in [9.17, 15) is 4.79 Å². The molecule has 16 heavy (non-hydrogen) atoms. The van der Waals surface area contributed by atoms with E-state index in [0.717, 1.165) is 31.6 Å². The van der Waals surface area contributed by atoms with Gasteiger partial charge in [-0.3, -0.25) is 4.79 Å². The third-order valence-corrected chi connectivity index (χ3v) is 2.86. The number of methoxy groups -OCH3 is 1. The third kappa shape index (κ3) is 2.85. The summed E-state index contributed by atoms with van der Waals surface area (Å²) in [6, 6.07) is 3.67. The minimum atomic E-state index is -0.151. The Morgan fingerprint density at radius 2 is 2.50 bits per heavy atom. The van der Waals surface area contributed by atoms with Gasteiger partial charge in [-0.25, -0.2) is 0 Å². The molecule has 88 valence electrons. The van der Waals surface area contributed by atoms with Crippen molar-refractivity contribution in [3.63, 3.8) is 0 Å². The van der Waals surface area contributed by atoms with Gasteiger partial charge in [-0.15, -0.1) is 0 Å². The Kier molecular flexibility index (Phi) is 3.62. The fraction of sp³-hybridized carbons (Fsp3) is 0.583. The molecule has 4 nitrogen and oxygen atoms in total. The van der Waals surface area contributed by atoms with Crippen LogP contribution in [-0.2, 0) is 16.0 Å². The number of esters is 1. The summed E-state index contributed by atoms with van der Waals surface area (Å²) < 4.78 is 10.00. The first-order chi connectivity index (χ1) is 7.81. The molecular formula is C12H17NO3. The topological polar surface area (TPSA) is 51.5 Å². The van der Waals surface area contributed by atoms with E-state index in [1.54, 1.807) is 6.26 Å². The summed E-state index contributed by atoms with van der Waals surface area (Å²) in [6.45, 7) is 0.740. The number of hydrogen-bond acceptors (Lipinski definition) is 4. The maximum absolute atomic E-state index is 11.5. The summed E-state index contributed by atoms with van der Waals surface area (Å²) in [5.41, 5.74) is 0. The molecular weight excluding hydrogens is 206 g/mol. The van der Waals surface area contributed by atoms with Gasteiger partial charge in [-0.1, -0.05) is 0 Å². The Morgan fingerprint density at radius 3 is 3.06 bits per heavy atom. The van der Waals surface area contributed by atoms with E-state index in [4.69, 9.17) is 9.15 Å². The average Bonchev–Trinajstić information content (AvgIpc) is 3.00. The highest BCUT2D eigenvalue weighted by Crippen LogP contribution is 2.33. The SMILES string of the molecule is COC(=O)C(NCCc1ccco1)C1CC1. The fourth-order valence-electron chi connectivity index (χ4n) is 1.80. The molecule has 4 heteroatoms. The minimum absolute atomic E-state index is 0.139. The van der Waals surface area contributed by atoms with Crippen LogP contribution in [0.1, 0.15) is 18.6 Å². The summed E-state index contributed by atoms with van der Waals surface area (Å²) in [4.78, 5) is 11.5. The highest BCUT2D eigenvalue weighted by molar-refractivity contribution is 5.76. The van der Waals surface area contributed by atoms with E-state index in [1.165, 1.54) is 7.11 Å². The lowest BCUT2D eigenvalue weighted by Gasteiger charge is -2.14. The number of rotatable bonds is 6. The van der Waals surface area contributed by atoms with Gasteiger partial charge >= 0.3 is 5.97 Å². The molecule has 0 bridgehead atoms. The quantitative estimate of drug-likeness (QED) is 0.740. The summed E-state index contributed by atoms with van der Waals surface area (Å²) in [6.07, 6.45) is 4.70. The molecule has 0 spiro atoms. The van der Waals surface area contributed by atoms with Crippen molar-refractivity contribution >= 4 is 5.97 Å². The summed E-state index contributed by atoms with van der Waals surface area (Å²) >= 11 is 0. The molecule has 0 aromatic carbocycles. The van der Waals surface area contributed by atoms with E-state index in [2.05, 4.69) is 5.32 Å². The van der Waals surface area contributed by atoms with Crippen LogP contribution < -0.4 is 5.32 Å². The second-order valence-electron chi connectivity index (χ2n) is 4.12. The van der Waals surface area contributed by atoms with Crippen LogP contribution in [0.15, 0.2) is 22.8 Å². The van der Waals surface area contributed by atoms with Gasteiger partial charge in [0.2, 0.25) is 0 Å². The molecule has 0 aliphatic heterocycles. The van der Waals surface area contributed by atoms with Gasteiger partial charge in [-0.2, -0.15) is 0 Å². The van der Waals surface area contributed by atoms with Gasteiger partial charge in [0.1, 0.15) is 11.8 Å². The first kappa shape index (κ1) is 11.2. The predicted molar refractivity (Wildman–Crippen MR) is 58.9 cm³/mol. The largest absolute Gasteiger partial charge is 0.469 e. The number of carbonyl (C=O) groups is 1. The molecule has 0 saturated heterocycles. The Hall–Kier alpha value is -1.29. The highest BCUT2D eigenvalue weighted by atomic mass is 16.5. The monoisotopic (exact) mass is 223 g/mol. The maximum atomic E-state index is 11.5. The lowest BCUT2D eigenvalue weighted by Crippen LogP contribution is -2.40. The molecule has 1 heterocycles. The molecule has 1 fully saturated rings. The van der Waals surface area contributed by atoms with E-state index < -0.39 is 0 Å². The first-order valence-corrected chi connectivity index (χ1v) is 5.65. The lowest BCUT2D eigenvalue weighted by atomic mass is 10.2. The molecule has 1 atom stereocenters. The molecule has 1 aromatic heterocycles. The second kappa shape index (κ2) is 5.16. The molecule has 2 rings (SSSR count). The zero-order valence-electron chi connectivity index (χ0n) is 9.44. The number of furan rings is 1. The smallest absolute Gasteiger partial charge is 0.323 e. The summed E-state index contributed by atoms with van der Waals surface area (Å²) in [5, 5.41) is 3.24. The van der Waals surface area contributed by atoms with Gasteiger partial charge in [0.05, 0.1) is 13.4 Å². The molecule has 1 saturated carbocycles. The normalized spacial score (nSPS) is 17.1. The van der Waals surface area contributed by atoms with Crippen LogP contribution >= 0.6 is 0 Å². The van der Waals surface area contributed by atoms with Crippen molar-refractivity contribution in [2.24, 2.45) is 5.92 Å². The zero-order valence-corrected chi connectivity index (χ0v) is 9.44. The standard InChI is InChI=1S/C12H17NO3/c1-15-12(14)11(9-4-5-9)13-7-6-10-3-2-8-16-10/h2-3,8-9,11,13H,4-7H2,1H3. The zero-order chi connectivity index (χ0) is 11.4. The maximum Gasteiger partial charge on any atom is 0.323 e. The molecule has 0 radical (unpaired) electrons. The molecule has 1 aliphatic rings. The summed E-state index contributed by atoms with van der Waals surface area (Å²) in [7, 11) is 1.44. The van der Waals surface area contributed by atoms with Crippen LogP contribution in [0.3, 0.4) is 0 Å². The molecule has 1 aliphatic carbocycles. The van der Waals surface area contributed by atoms with Crippen LogP contribution in [-0.4, -0.2) is 25.7 Å². The van der Waals surface area contributed by atoms with E-state index in [0.29, 0.717) is 5.92 Å². The Bertz CT molecular complexity index is 330. The molecule has 1 unspecified atom stereocenters. The Morgan fingerprint density at radius 1 is 1.69 bits per heavy atom. The van der Waals surface area contributed by atoms with Crippen LogP contribution in [0.25, 0.3) is 0 Å². The van der Waals surface area contributed by atoms with Crippen molar-refractivity contribution in [3.8, 4) is 0 Å². The van der Waals surface area contributed by atoms with Crippen molar-refractivity contribution in [3.05, 3.63) is 24.2 Å². The van der Waals surface area contributed by atoms with Crippen molar-refractivity contribution in [1.29, 1.82) is 0 Å². The molecule has 1 aromatic rings. The van der Waals surface area contributed by atoms with E-state index in [-0.39, 0.29) is 12.0 Å². The van der Waals surface area contributed by atoms with E-state index >= 15 is 0 Å². The highest BCUT2D eigenvalue weighted by Gasteiger charge is 2.36. The number of carbonyl (C=O) groups excluding carboxylic acids is 1. The van der Waals surface area contributed by atoms with Crippen molar-refractivity contribution in [2.75, 3.05) is 13.7 Å². The number of nitrogens with one attached hydrogen (secondary N) is 1. The number of hydrogen-bond donors (Lipinski definition) is 1. The van der Waals surface area contributed by atoms with Crippen LogP contribution in [0, 0.1) is 5.92 Å². The predicted octanol–water partition coefficient (Wildman–Crippen LogP) is 1.36. The van der Waals surface area contributed by atoms with Gasteiger partial charge in [0, 0.05) is 13.0 Å². The van der Waals surface area contributed by atoms with Crippen molar-refractivity contribution in [2.45, 2.75) is 25.3 Å². The Balaban J connectivity index is 1.76. The van der Waals surface area contributed by atoms with Crippen LogP contribution in [0.2, 0.25) is 0 Å². The minimum Gasteiger partial charge on any atom is -0.469 e. The average molecular weight is 223 g/mol. The van der Waals surface area contributed by atoms with E-state index in [1.807, 2.05) is 12.1 Å². The van der Waals surface area contributed by atoms with Crippen molar-refractivity contribution < 1.29 is 13.9 Å². The molecule has 0 amide bonds. The van der Waals surface area contributed by atoms with Crippen molar-refractivity contribution in [1.82, 2.24) is 5.32 Å². The van der Waals surface area contributed by atoms with Gasteiger partial charge in [0.25, 0.3) is 0 Å². The second-order valence-corrected chi connectivity index (χ2v) is 4.12. The first-order valence-electron chi connectivity index (χ1n) is 5.65. The summed E-state index contributed by atoms with van der Waals surface area (Å²) in [5.74, 6) is 1.25.